The Bertz CT molecular complexity index is 759. The molecule has 1 aromatic carbocycles. The van der Waals surface area contributed by atoms with Crippen LogP contribution < -0.4 is 10.1 Å². The standard InChI is InChI=1S/C19H24N2O5/c1-19(2)9-15(23)12-7-6-11-13(16(12)26-19)10-21(18(11)25)14(5-4-8-22)17(24)20-3/h6-8,14-15,23H,4-5,9-10H2,1-3H3,(H,20,24). The first-order valence-corrected chi connectivity index (χ1v) is 8.78. The maximum atomic E-state index is 12.9. The van der Waals surface area contributed by atoms with Crippen LogP contribution in [0, 0.1) is 0 Å². The summed E-state index contributed by atoms with van der Waals surface area (Å²) in [6.45, 7) is 4.01. The van der Waals surface area contributed by atoms with Crippen LogP contribution in [0.15, 0.2) is 12.1 Å². The molecule has 0 aliphatic carbocycles. The molecule has 0 spiro atoms. The third kappa shape index (κ3) is 3.07. The van der Waals surface area contributed by atoms with Crippen LogP contribution in [0.25, 0.3) is 0 Å². The van der Waals surface area contributed by atoms with Gasteiger partial charge in [-0.3, -0.25) is 9.59 Å². The van der Waals surface area contributed by atoms with E-state index < -0.39 is 17.7 Å². The lowest BCUT2D eigenvalue weighted by atomic mass is 9.89. The highest BCUT2D eigenvalue weighted by molar-refractivity contribution is 6.02. The SMILES string of the molecule is CNC(=O)C(CCC=O)N1Cc2c(ccc3c2OC(C)(C)CC3O)C1=O. The number of rotatable bonds is 5. The number of nitrogens with zero attached hydrogens (tertiary/aromatic N) is 1. The zero-order valence-electron chi connectivity index (χ0n) is 15.2. The van der Waals surface area contributed by atoms with E-state index in [0.717, 1.165) is 6.29 Å². The van der Waals surface area contributed by atoms with E-state index in [1.54, 1.807) is 12.1 Å². The highest BCUT2D eigenvalue weighted by Crippen LogP contribution is 2.45. The number of aliphatic hydroxyl groups excluding tert-OH is 1. The largest absolute Gasteiger partial charge is 0.487 e. The van der Waals surface area contributed by atoms with Crippen molar-refractivity contribution >= 4 is 18.1 Å². The summed E-state index contributed by atoms with van der Waals surface area (Å²) in [5.41, 5.74) is 1.30. The Balaban J connectivity index is 1.98. The number of hydrogen-bond donors (Lipinski definition) is 2. The minimum atomic E-state index is -0.720. The molecule has 0 fully saturated rings. The first kappa shape index (κ1) is 18.4. The molecule has 2 aliphatic heterocycles. The Labute approximate surface area is 152 Å². The van der Waals surface area contributed by atoms with Crippen molar-refractivity contribution in [3.05, 3.63) is 28.8 Å². The van der Waals surface area contributed by atoms with Crippen LogP contribution in [0.5, 0.6) is 5.75 Å². The van der Waals surface area contributed by atoms with Crippen LogP contribution in [0.3, 0.4) is 0 Å². The van der Waals surface area contributed by atoms with E-state index in [9.17, 15) is 19.5 Å². The lowest BCUT2D eigenvalue weighted by Crippen LogP contribution is -2.46. The van der Waals surface area contributed by atoms with Gasteiger partial charge in [0.1, 0.15) is 23.7 Å². The van der Waals surface area contributed by atoms with Gasteiger partial charge in [-0.2, -0.15) is 0 Å². The molecule has 0 bridgehead atoms. The van der Waals surface area contributed by atoms with Gasteiger partial charge < -0.3 is 24.9 Å². The summed E-state index contributed by atoms with van der Waals surface area (Å²) in [4.78, 5) is 37.4. The Morgan fingerprint density at radius 2 is 2.23 bits per heavy atom. The minimum absolute atomic E-state index is 0.193. The van der Waals surface area contributed by atoms with Gasteiger partial charge >= 0.3 is 0 Å². The summed E-state index contributed by atoms with van der Waals surface area (Å²) in [6, 6.07) is 2.68. The van der Waals surface area contributed by atoms with Crippen molar-refractivity contribution in [2.45, 2.75) is 57.4 Å². The number of hydrogen-bond acceptors (Lipinski definition) is 5. The number of fused-ring (bicyclic) bond motifs is 3. The van der Waals surface area contributed by atoms with Gasteiger partial charge in [0.05, 0.1) is 12.6 Å². The zero-order chi connectivity index (χ0) is 19.1. The topological polar surface area (TPSA) is 95.9 Å². The minimum Gasteiger partial charge on any atom is -0.487 e. The smallest absolute Gasteiger partial charge is 0.255 e. The maximum Gasteiger partial charge on any atom is 0.255 e. The highest BCUT2D eigenvalue weighted by Gasteiger charge is 2.41. The lowest BCUT2D eigenvalue weighted by Gasteiger charge is -2.36. The maximum absolute atomic E-state index is 12.9. The average molecular weight is 360 g/mol. The number of likely N-dealkylation sites (N-methyl/N-ethyl adjacent to an activating group) is 1. The van der Waals surface area contributed by atoms with Gasteiger partial charge in [-0.1, -0.05) is 6.07 Å². The van der Waals surface area contributed by atoms with E-state index in [-0.39, 0.29) is 31.2 Å². The fraction of sp³-hybridized carbons (Fsp3) is 0.526. The monoisotopic (exact) mass is 360 g/mol. The van der Waals surface area contributed by atoms with Crippen molar-refractivity contribution in [2.24, 2.45) is 0 Å². The molecular weight excluding hydrogens is 336 g/mol. The average Bonchev–Trinajstić information content (AvgIpc) is 2.91. The molecule has 140 valence electrons. The van der Waals surface area contributed by atoms with Gasteiger partial charge in [-0.25, -0.2) is 0 Å². The number of amides is 2. The third-order valence-electron chi connectivity index (χ3n) is 5.02. The van der Waals surface area contributed by atoms with E-state index in [4.69, 9.17) is 4.74 Å². The molecule has 3 rings (SSSR count). The quantitative estimate of drug-likeness (QED) is 0.773. The predicted octanol–water partition coefficient (Wildman–Crippen LogP) is 1.33. The van der Waals surface area contributed by atoms with Gasteiger partial charge in [0.2, 0.25) is 5.91 Å². The number of aliphatic hydroxyl groups is 1. The number of carbonyl (C=O) groups is 3. The Kier molecular flexibility index (Phi) is 4.75. The van der Waals surface area contributed by atoms with Crippen LogP contribution in [0.4, 0.5) is 0 Å². The van der Waals surface area contributed by atoms with Gasteiger partial charge in [-0.05, 0) is 26.3 Å². The molecule has 7 nitrogen and oxygen atoms in total. The zero-order valence-corrected chi connectivity index (χ0v) is 15.2. The molecule has 26 heavy (non-hydrogen) atoms. The number of carbonyl (C=O) groups excluding carboxylic acids is 3. The normalized spacial score (nSPS) is 21.5. The second-order valence-corrected chi connectivity index (χ2v) is 7.40. The summed E-state index contributed by atoms with van der Waals surface area (Å²) in [7, 11) is 1.51. The Hall–Kier alpha value is -2.41. The van der Waals surface area contributed by atoms with Crippen LogP contribution in [-0.2, 0) is 16.1 Å². The van der Waals surface area contributed by atoms with Crippen LogP contribution in [-0.4, -0.2) is 46.8 Å². The van der Waals surface area contributed by atoms with Crippen molar-refractivity contribution in [1.29, 1.82) is 0 Å². The summed E-state index contributed by atoms with van der Waals surface area (Å²) >= 11 is 0. The fourth-order valence-corrected chi connectivity index (χ4v) is 3.75. The molecular formula is C19H24N2O5. The van der Waals surface area contributed by atoms with Crippen LogP contribution >= 0.6 is 0 Å². The molecule has 2 aliphatic rings. The number of nitrogens with one attached hydrogen (secondary N) is 1. The predicted molar refractivity (Wildman–Crippen MR) is 93.8 cm³/mol. The van der Waals surface area contributed by atoms with Gasteiger partial charge in [-0.15, -0.1) is 0 Å². The molecule has 2 unspecified atom stereocenters. The van der Waals surface area contributed by atoms with Crippen molar-refractivity contribution in [1.82, 2.24) is 10.2 Å². The molecule has 0 aromatic heterocycles. The number of benzene rings is 1. The van der Waals surface area contributed by atoms with Gasteiger partial charge in [0, 0.05) is 36.6 Å². The van der Waals surface area contributed by atoms with E-state index in [1.807, 2.05) is 13.8 Å². The van der Waals surface area contributed by atoms with Crippen molar-refractivity contribution in [3.63, 3.8) is 0 Å². The number of aldehydes is 1. The second-order valence-electron chi connectivity index (χ2n) is 7.40. The van der Waals surface area contributed by atoms with Crippen molar-refractivity contribution in [3.8, 4) is 5.75 Å². The first-order valence-electron chi connectivity index (χ1n) is 8.78. The fourth-order valence-electron chi connectivity index (χ4n) is 3.75. The summed E-state index contributed by atoms with van der Waals surface area (Å²) in [6.07, 6.45) is 1.01. The molecule has 2 atom stereocenters. The Morgan fingerprint density at radius 3 is 2.88 bits per heavy atom. The Morgan fingerprint density at radius 1 is 1.50 bits per heavy atom. The lowest BCUT2D eigenvalue weighted by molar-refractivity contribution is -0.125. The molecule has 2 amide bonds. The summed E-state index contributed by atoms with van der Waals surface area (Å²) in [5.74, 6) is -0.0277. The highest BCUT2D eigenvalue weighted by atomic mass is 16.5. The molecule has 7 heteroatoms. The van der Waals surface area contributed by atoms with E-state index in [2.05, 4.69) is 5.32 Å². The van der Waals surface area contributed by atoms with E-state index >= 15 is 0 Å². The molecule has 2 N–H and O–H groups in total. The molecule has 2 heterocycles. The summed E-state index contributed by atoms with van der Waals surface area (Å²) in [5, 5.41) is 13.0. The summed E-state index contributed by atoms with van der Waals surface area (Å²) < 4.78 is 6.08. The van der Waals surface area contributed by atoms with Crippen molar-refractivity contribution in [2.75, 3.05) is 7.05 Å². The molecule has 0 saturated carbocycles. The van der Waals surface area contributed by atoms with Gasteiger partial charge in [0.25, 0.3) is 5.91 Å². The van der Waals surface area contributed by atoms with E-state index in [1.165, 1.54) is 11.9 Å². The second kappa shape index (κ2) is 6.72. The third-order valence-corrected chi connectivity index (χ3v) is 5.02. The van der Waals surface area contributed by atoms with Crippen LogP contribution in [0.1, 0.15) is 60.7 Å². The number of ether oxygens (including phenoxy) is 1. The first-order chi connectivity index (χ1) is 12.3. The molecule has 1 aromatic rings. The van der Waals surface area contributed by atoms with Crippen molar-refractivity contribution < 1.29 is 24.2 Å². The van der Waals surface area contributed by atoms with E-state index in [0.29, 0.717) is 28.9 Å². The van der Waals surface area contributed by atoms with Crippen LogP contribution in [0.2, 0.25) is 0 Å². The molecule has 0 radical (unpaired) electrons. The van der Waals surface area contributed by atoms with Gasteiger partial charge in [0.15, 0.2) is 0 Å². The molecule has 0 saturated heterocycles.